The average Bonchev–Trinajstić information content (AvgIpc) is 2.64. The molecule has 0 radical (unpaired) electrons. The van der Waals surface area contributed by atoms with Crippen LogP contribution in [0.15, 0.2) is 36.4 Å². The molecule has 5 nitrogen and oxygen atoms in total. The van der Waals surface area contributed by atoms with E-state index < -0.39 is 0 Å². The number of fused-ring (bicyclic) bond motifs is 2. The molecule has 3 unspecified atom stereocenters. The normalized spacial score (nSPS) is 24.9. The van der Waals surface area contributed by atoms with Crippen LogP contribution in [0, 0.1) is 5.92 Å². The van der Waals surface area contributed by atoms with E-state index in [1.54, 1.807) is 7.11 Å². The van der Waals surface area contributed by atoms with E-state index in [2.05, 4.69) is 22.8 Å². The predicted octanol–water partition coefficient (Wildman–Crippen LogP) is 3.22. The van der Waals surface area contributed by atoms with Crippen molar-refractivity contribution in [1.29, 1.82) is 0 Å². The largest absolute Gasteiger partial charge is 0.496 e. The van der Waals surface area contributed by atoms with E-state index >= 15 is 0 Å². The van der Waals surface area contributed by atoms with E-state index in [1.165, 1.54) is 0 Å². The molecule has 1 heterocycles. The minimum atomic E-state index is -0.121. The highest BCUT2D eigenvalue weighted by Gasteiger charge is 2.43. The van der Waals surface area contributed by atoms with Gasteiger partial charge in [-0.1, -0.05) is 30.3 Å². The second kappa shape index (κ2) is 6.92. The summed E-state index contributed by atoms with van der Waals surface area (Å²) < 4.78 is 11.2. The highest BCUT2D eigenvalue weighted by molar-refractivity contribution is 5.88. The summed E-state index contributed by atoms with van der Waals surface area (Å²) in [6, 6.07) is 12.2. The number of hydrogen-bond acceptors (Lipinski definition) is 3. The Balaban J connectivity index is 1.41. The number of rotatable bonds is 4. The fraction of sp³-hybridized carbons (Fsp3) is 0.450. The topological polar surface area (TPSA) is 59.6 Å². The molecular formula is C20H24N2O3. The van der Waals surface area contributed by atoms with Gasteiger partial charge in [0.05, 0.1) is 13.2 Å². The van der Waals surface area contributed by atoms with Crippen molar-refractivity contribution in [2.75, 3.05) is 13.7 Å². The molecule has 132 valence electrons. The molecule has 4 rings (SSSR count). The molecule has 0 spiro atoms. The molecule has 2 N–H and O–H groups in total. The van der Waals surface area contributed by atoms with Crippen molar-refractivity contribution in [3.63, 3.8) is 0 Å². The van der Waals surface area contributed by atoms with Gasteiger partial charge in [-0.05, 0) is 36.1 Å². The smallest absolute Gasteiger partial charge is 0.315 e. The predicted molar refractivity (Wildman–Crippen MR) is 96.7 cm³/mol. The van der Waals surface area contributed by atoms with Gasteiger partial charge in [0.1, 0.15) is 5.75 Å². The maximum atomic E-state index is 12.3. The monoisotopic (exact) mass is 340 g/mol. The summed E-state index contributed by atoms with van der Waals surface area (Å²) in [5.41, 5.74) is 1.00. The quantitative estimate of drug-likeness (QED) is 0.898. The molecule has 3 atom stereocenters. The first-order chi connectivity index (χ1) is 12.3. The number of nitrogens with one attached hydrogen (secondary N) is 2. The third kappa shape index (κ3) is 3.16. The number of ether oxygens (including phenoxy) is 2. The first kappa shape index (κ1) is 16.2. The lowest BCUT2D eigenvalue weighted by Crippen LogP contribution is -2.59. The Morgan fingerprint density at radius 3 is 3.00 bits per heavy atom. The molecule has 25 heavy (non-hydrogen) atoms. The number of amides is 2. The van der Waals surface area contributed by atoms with Gasteiger partial charge >= 0.3 is 6.03 Å². The zero-order valence-electron chi connectivity index (χ0n) is 14.5. The van der Waals surface area contributed by atoms with Crippen LogP contribution in [0.25, 0.3) is 10.8 Å². The number of urea groups is 1. The Morgan fingerprint density at radius 1 is 1.28 bits per heavy atom. The van der Waals surface area contributed by atoms with E-state index in [-0.39, 0.29) is 12.1 Å². The Morgan fingerprint density at radius 2 is 2.16 bits per heavy atom. The van der Waals surface area contributed by atoms with Crippen molar-refractivity contribution >= 4 is 16.8 Å². The molecule has 1 saturated heterocycles. The minimum absolute atomic E-state index is 0.121. The van der Waals surface area contributed by atoms with Gasteiger partial charge in [-0.15, -0.1) is 0 Å². The second-order valence-corrected chi connectivity index (χ2v) is 6.85. The molecular weight excluding hydrogens is 316 g/mol. The van der Waals surface area contributed by atoms with Gasteiger partial charge in [-0.25, -0.2) is 4.79 Å². The van der Waals surface area contributed by atoms with E-state index in [4.69, 9.17) is 9.47 Å². The molecule has 2 aliphatic rings. The van der Waals surface area contributed by atoms with Gasteiger partial charge in [0.15, 0.2) is 0 Å². The standard InChI is InChI=1S/C20H24N2O3/c1-24-18-9-8-13-5-2-3-6-14(13)16(18)12-21-20(23)22-17-11-19-15(17)7-4-10-25-19/h2-3,5-6,8-9,15,17,19H,4,7,10-12H2,1H3,(H2,21,22,23). The third-order valence-corrected chi connectivity index (χ3v) is 5.45. The van der Waals surface area contributed by atoms with Crippen LogP contribution in [-0.2, 0) is 11.3 Å². The van der Waals surface area contributed by atoms with E-state index in [0.717, 1.165) is 48.0 Å². The van der Waals surface area contributed by atoms with Crippen molar-refractivity contribution in [3.8, 4) is 5.75 Å². The van der Waals surface area contributed by atoms with Crippen LogP contribution < -0.4 is 15.4 Å². The lowest BCUT2D eigenvalue weighted by Gasteiger charge is -2.47. The molecule has 1 saturated carbocycles. The zero-order chi connectivity index (χ0) is 17.2. The molecule has 2 amide bonds. The zero-order valence-corrected chi connectivity index (χ0v) is 14.5. The molecule has 1 aliphatic heterocycles. The summed E-state index contributed by atoms with van der Waals surface area (Å²) in [6.07, 6.45) is 3.51. The Kier molecular flexibility index (Phi) is 4.49. The number of methoxy groups -OCH3 is 1. The number of carbonyl (C=O) groups excluding carboxylic acids is 1. The van der Waals surface area contributed by atoms with Crippen LogP contribution in [0.5, 0.6) is 5.75 Å². The van der Waals surface area contributed by atoms with Gasteiger partial charge < -0.3 is 20.1 Å². The van der Waals surface area contributed by atoms with Crippen LogP contribution in [0.4, 0.5) is 4.79 Å². The highest BCUT2D eigenvalue weighted by atomic mass is 16.5. The van der Waals surface area contributed by atoms with Gasteiger partial charge in [0.2, 0.25) is 0 Å². The number of hydrogen-bond donors (Lipinski definition) is 2. The van der Waals surface area contributed by atoms with Crippen molar-refractivity contribution in [3.05, 3.63) is 42.0 Å². The van der Waals surface area contributed by atoms with Crippen molar-refractivity contribution in [2.24, 2.45) is 5.92 Å². The van der Waals surface area contributed by atoms with E-state index in [0.29, 0.717) is 18.6 Å². The van der Waals surface area contributed by atoms with Crippen LogP contribution in [0.3, 0.4) is 0 Å². The second-order valence-electron chi connectivity index (χ2n) is 6.85. The van der Waals surface area contributed by atoms with Crippen LogP contribution in [0.2, 0.25) is 0 Å². The molecule has 0 bridgehead atoms. The lowest BCUT2D eigenvalue weighted by molar-refractivity contribution is -0.0999. The van der Waals surface area contributed by atoms with Crippen LogP contribution in [0.1, 0.15) is 24.8 Å². The Hall–Kier alpha value is -2.27. The van der Waals surface area contributed by atoms with Crippen molar-refractivity contribution in [2.45, 2.75) is 38.0 Å². The fourth-order valence-electron chi connectivity index (χ4n) is 4.04. The third-order valence-electron chi connectivity index (χ3n) is 5.45. The van der Waals surface area contributed by atoms with Crippen LogP contribution >= 0.6 is 0 Å². The van der Waals surface area contributed by atoms with Crippen molar-refractivity contribution < 1.29 is 14.3 Å². The first-order valence-corrected chi connectivity index (χ1v) is 8.97. The fourth-order valence-corrected chi connectivity index (χ4v) is 4.04. The van der Waals surface area contributed by atoms with Crippen LogP contribution in [-0.4, -0.2) is 31.9 Å². The summed E-state index contributed by atoms with van der Waals surface area (Å²) >= 11 is 0. The summed E-state index contributed by atoms with van der Waals surface area (Å²) in [7, 11) is 1.66. The molecule has 0 aromatic heterocycles. The summed E-state index contributed by atoms with van der Waals surface area (Å²) in [5, 5.41) is 8.33. The first-order valence-electron chi connectivity index (χ1n) is 8.97. The molecule has 5 heteroatoms. The molecule has 2 aromatic carbocycles. The average molecular weight is 340 g/mol. The summed E-state index contributed by atoms with van der Waals surface area (Å²) in [4.78, 5) is 12.3. The number of carbonyl (C=O) groups is 1. The van der Waals surface area contributed by atoms with Gasteiger partial charge in [-0.3, -0.25) is 0 Å². The molecule has 2 aromatic rings. The SMILES string of the molecule is COc1ccc2ccccc2c1CNC(=O)NC1CC2OCCCC12. The Labute approximate surface area is 147 Å². The van der Waals surface area contributed by atoms with E-state index in [1.807, 2.05) is 24.3 Å². The molecule has 2 fully saturated rings. The summed E-state index contributed by atoms with van der Waals surface area (Å²) in [6.45, 7) is 1.30. The molecule has 1 aliphatic carbocycles. The minimum Gasteiger partial charge on any atom is -0.496 e. The van der Waals surface area contributed by atoms with Gasteiger partial charge in [0, 0.05) is 30.7 Å². The van der Waals surface area contributed by atoms with Crippen molar-refractivity contribution in [1.82, 2.24) is 10.6 Å². The summed E-state index contributed by atoms with van der Waals surface area (Å²) in [5.74, 6) is 1.27. The Bertz CT molecular complexity index is 777. The van der Waals surface area contributed by atoms with Gasteiger partial charge in [-0.2, -0.15) is 0 Å². The lowest BCUT2D eigenvalue weighted by atomic mass is 9.72. The number of benzene rings is 2. The maximum Gasteiger partial charge on any atom is 0.315 e. The maximum absolute atomic E-state index is 12.3. The van der Waals surface area contributed by atoms with Gasteiger partial charge in [0.25, 0.3) is 0 Å². The highest BCUT2D eigenvalue weighted by Crippen LogP contribution is 2.37. The van der Waals surface area contributed by atoms with E-state index in [9.17, 15) is 4.79 Å².